The van der Waals surface area contributed by atoms with Crippen molar-refractivity contribution in [2.75, 3.05) is 19.3 Å². The van der Waals surface area contributed by atoms with Gasteiger partial charge in [0.1, 0.15) is 11.4 Å². The third-order valence-corrected chi connectivity index (χ3v) is 7.39. The summed E-state index contributed by atoms with van der Waals surface area (Å²) in [5.74, 6) is -0.504. The highest BCUT2D eigenvalue weighted by Crippen LogP contribution is 2.42. The van der Waals surface area contributed by atoms with E-state index in [1.807, 2.05) is 0 Å². The summed E-state index contributed by atoms with van der Waals surface area (Å²) in [6.07, 6.45) is -3.10. The predicted octanol–water partition coefficient (Wildman–Crippen LogP) is 5.39. The average Bonchev–Trinajstić information content (AvgIpc) is 3.00. The first-order valence-electron chi connectivity index (χ1n) is 10.3. The van der Waals surface area contributed by atoms with Crippen LogP contribution in [0, 0.1) is 6.92 Å². The van der Waals surface area contributed by atoms with Crippen molar-refractivity contribution >= 4 is 28.3 Å². The van der Waals surface area contributed by atoms with E-state index in [9.17, 15) is 22.2 Å². The van der Waals surface area contributed by atoms with Gasteiger partial charge in [0.25, 0.3) is 5.91 Å². The molecule has 0 bridgehead atoms. The van der Waals surface area contributed by atoms with Crippen LogP contribution in [0.1, 0.15) is 27.3 Å². The standard InChI is InChI=1S/C24H22ClF3N2O2S/c1-15-20(17-8-10-18(25)11-9-17)21(23(31)29-13-19(14-29)33(2)32)30(22(15)24(26,27)28)12-16-6-4-3-5-7-16/h3-11,19H,12-14H2,1-2H3. The highest BCUT2D eigenvalue weighted by molar-refractivity contribution is 7.85. The second-order valence-corrected chi connectivity index (χ2v) is 10.2. The van der Waals surface area contributed by atoms with Gasteiger partial charge in [-0.15, -0.1) is 0 Å². The molecule has 2 aromatic carbocycles. The number of halogens is 4. The largest absolute Gasteiger partial charge is 0.431 e. The minimum absolute atomic E-state index is 0.0137. The van der Waals surface area contributed by atoms with Crippen LogP contribution in [0.15, 0.2) is 54.6 Å². The molecule has 4 nitrogen and oxygen atoms in total. The number of nitrogens with zero attached hydrogens (tertiary/aromatic N) is 2. The Hall–Kier alpha value is -2.58. The molecule has 3 aromatic rings. The number of likely N-dealkylation sites (tertiary alicyclic amines) is 1. The molecule has 0 radical (unpaired) electrons. The zero-order valence-corrected chi connectivity index (χ0v) is 19.6. The smallest absolute Gasteiger partial charge is 0.335 e. The van der Waals surface area contributed by atoms with Crippen LogP contribution in [0.3, 0.4) is 0 Å². The van der Waals surface area contributed by atoms with E-state index in [0.717, 1.165) is 4.57 Å². The van der Waals surface area contributed by atoms with Gasteiger partial charge in [-0.1, -0.05) is 54.1 Å². The molecule has 1 saturated heterocycles. The zero-order valence-electron chi connectivity index (χ0n) is 18.0. The van der Waals surface area contributed by atoms with Gasteiger partial charge in [-0.05, 0) is 35.7 Å². The Morgan fingerprint density at radius 2 is 1.70 bits per heavy atom. The van der Waals surface area contributed by atoms with Crippen LogP contribution < -0.4 is 0 Å². The molecule has 9 heteroatoms. The molecule has 1 atom stereocenters. The fourth-order valence-electron chi connectivity index (χ4n) is 4.19. The minimum atomic E-state index is -4.67. The molecule has 4 rings (SSSR count). The molecule has 0 aliphatic carbocycles. The summed E-state index contributed by atoms with van der Waals surface area (Å²) in [5, 5.41) is 0.272. The van der Waals surface area contributed by atoms with Crippen molar-refractivity contribution in [2.24, 2.45) is 0 Å². The Bertz CT molecular complexity index is 1200. The monoisotopic (exact) mass is 494 g/mol. The van der Waals surface area contributed by atoms with E-state index in [2.05, 4.69) is 0 Å². The molecular formula is C24H22ClF3N2O2S. The fraction of sp³-hybridized carbons (Fsp3) is 0.292. The van der Waals surface area contributed by atoms with Crippen LogP contribution in [-0.4, -0.2) is 44.2 Å². The first-order valence-corrected chi connectivity index (χ1v) is 12.3. The first kappa shape index (κ1) is 23.6. The molecule has 1 fully saturated rings. The number of amides is 1. The van der Waals surface area contributed by atoms with Crippen molar-refractivity contribution in [3.63, 3.8) is 0 Å². The van der Waals surface area contributed by atoms with Crippen LogP contribution in [0.25, 0.3) is 11.1 Å². The van der Waals surface area contributed by atoms with Gasteiger partial charge in [0.15, 0.2) is 0 Å². The Kier molecular flexibility index (Phi) is 6.42. The Labute approximate surface area is 197 Å². The topological polar surface area (TPSA) is 42.3 Å². The number of hydrogen-bond donors (Lipinski definition) is 0. The number of aromatic nitrogens is 1. The van der Waals surface area contributed by atoms with Crippen LogP contribution in [0.5, 0.6) is 0 Å². The summed E-state index contributed by atoms with van der Waals surface area (Å²) in [6, 6.07) is 15.2. The van der Waals surface area contributed by atoms with E-state index >= 15 is 0 Å². The van der Waals surface area contributed by atoms with Gasteiger partial charge in [-0.3, -0.25) is 9.00 Å². The molecule has 1 unspecified atom stereocenters. The van der Waals surface area contributed by atoms with Gasteiger partial charge in [0.05, 0.1) is 5.25 Å². The third kappa shape index (κ3) is 4.59. The van der Waals surface area contributed by atoms with E-state index in [1.165, 1.54) is 11.8 Å². The van der Waals surface area contributed by atoms with Gasteiger partial charge < -0.3 is 9.47 Å². The summed E-state index contributed by atoms with van der Waals surface area (Å²) in [7, 11) is -1.11. The van der Waals surface area contributed by atoms with Crippen molar-refractivity contribution in [1.82, 2.24) is 9.47 Å². The Balaban J connectivity index is 1.92. The number of benzene rings is 2. The quantitative estimate of drug-likeness (QED) is 0.477. The van der Waals surface area contributed by atoms with Crippen LogP contribution in [-0.2, 0) is 23.5 Å². The number of carbonyl (C=O) groups is 1. The maximum atomic E-state index is 14.3. The van der Waals surface area contributed by atoms with Gasteiger partial charge in [-0.2, -0.15) is 13.2 Å². The normalized spacial score (nSPS) is 15.4. The van der Waals surface area contributed by atoms with Crippen molar-refractivity contribution in [3.8, 4) is 11.1 Å². The van der Waals surface area contributed by atoms with Crippen molar-refractivity contribution in [1.29, 1.82) is 0 Å². The molecule has 1 aliphatic rings. The maximum Gasteiger partial charge on any atom is 0.431 e. The molecule has 2 heterocycles. The predicted molar refractivity (Wildman–Crippen MR) is 124 cm³/mol. The van der Waals surface area contributed by atoms with Gasteiger partial charge in [0, 0.05) is 47.3 Å². The second-order valence-electron chi connectivity index (χ2n) is 8.10. The highest BCUT2D eigenvalue weighted by Gasteiger charge is 2.43. The van der Waals surface area contributed by atoms with Gasteiger partial charge in [0.2, 0.25) is 0 Å². The summed E-state index contributed by atoms with van der Waals surface area (Å²) in [4.78, 5) is 15.0. The van der Waals surface area contributed by atoms with E-state index < -0.39 is 28.6 Å². The van der Waals surface area contributed by atoms with Crippen molar-refractivity contribution in [2.45, 2.75) is 24.9 Å². The highest BCUT2D eigenvalue weighted by atomic mass is 35.5. The molecule has 1 amide bonds. The van der Waals surface area contributed by atoms with Crippen molar-refractivity contribution < 1.29 is 22.2 Å². The fourth-order valence-corrected chi connectivity index (χ4v) is 5.10. The molecule has 1 aromatic heterocycles. The number of hydrogen-bond acceptors (Lipinski definition) is 2. The molecule has 0 N–H and O–H groups in total. The number of alkyl halides is 3. The lowest BCUT2D eigenvalue weighted by molar-refractivity contribution is -0.143. The second kappa shape index (κ2) is 8.99. The van der Waals surface area contributed by atoms with E-state index in [-0.39, 0.29) is 41.7 Å². The summed E-state index contributed by atoms with van der Waals surface area (Å²) in [5.41, 5.74) is 0.475. The molecular weight excluding hydrogens is 473 g/mol. The molecule has 0 spiro atoms. The van der Waals surface area contributed by atoms with E-state index in [1.54, 1.807) is 60.9 Å². The average molecular weight is 495 g/mol. The maximum absolute atomic E-state index is 14.3. The molecule has 0 saturated carbocycles. The Morgan fingerprint density at radius 1 is 1.09 bits per heavy atom. The van der Waals surface area contributed by atoms with Gasteiger partial charge in [-0.25, -0.2) is 0 Å². The van der Waals surface area contributed by atoms with Crippen LogP contribution in [0.2, 0.25) is 5.02 Å². The summed E-state index contributed by atoms with van der Waals surface area (Å²) in [6.45, 7) is 1.78. The molecule has 33 heavy (non-hydrogen) atoms. The molecule has 174 valence electrons. The number of carbonyl (C=O) groups excluding carboxylic acids is 1. The summed E-state index contributed by atoms with van der Waals surface area (Å²) >= 11 is 6.00. The lowest BCUT2D eigenvalue weighted by atomic mass is 9.99. The minimum Gasteiger partial charge on any atom is -0.335 e. The van der Waals surface area contributed by atoms with Crippen LogP contribution >= 0.6 is 11.6 Å². The lowest BCUT2D eigenvalue weighted by Crippen LogP contribution is -2.55. The SMILES string of the molecule is Cc1c(-c2ccc(Cl)cc2)c(C(=O)N2CC(S(C)=O)C2)n(Cc2ccccc2)c1C(F)(F)F. The zero-order chi connectivity index (χ0) is 23.9. The molecule has 1 aliphatic heterocycles. The van der Waals surface area contributed by atoms with Gasteiger partial charge >= 0.3 is 6.18 Å². The van der Waals surface area contributed by atoms with Crippen LogP contribution in [0.4, 0.5) is 13.2 Å². The van der Waals surface area contributed by atoms with E-state index in [4.69, 9.17) is 11.6 Å². The van der Waals surface area contributed by atoms with Crippen molar-refractivity contribution in [3.05, 3.63) is 82.1 Å². The Morgan fingerprint density at radius 3 is 2.24 bits per heavy atom. The lowest BCUT2D eigenvalue weighted by Gasteiger charge is -2.38. The van der Waals surface area contributed by atoms with E-state index in [0.29, 0.717) is 16.1 Å². The summed E-state index contributed by atoms with van der Waals surface area (Å²) < 4.78 is 55.8. The third-order valence-electron chi connectivity index (χ3n) is 5.90. The first-order chi connectivity index (χ1) is 15.6. The number of rotatable bonds is 5.